The van der Waals surface area contributed by atoms with Crippen LogP contribution in [0.4, 0.5) is 4.39 Å². The average Bonchev–Trinajstić information content (AvgIpc) is 2.25. The minimum atomic E-state index is -0.834. The van der Waals surface area contributed by atoms with Crippen LogP contribution < -0.4 is 0 Å². The van der Waals surface area contributed by atoms with E-state index in [0.717, 1.165) is 0 Å². The van der Waals surface area contributed by atoms with Crippen molar-refractivity contribution < 1.29 is 19.0 Å². The zero-order valence-corrected chi connectivity index (χ0v) is 8.44. The van der Waals surface area contributed by atoms with Crippen molar-refractivity contribution in [2.45, 2.75) is 18.9 Å². The van der Waals surface area contributed by atoms with Gasteiger partial charge in [-0.1, -0.05) is 12.1 Å². The number of esters is 1. The Morgan fingerprint density at radius 2 is 2.33 bits per heavy atom. The highest BCUT2D eigenvalue weighted by molar-refractivity contribution is 5.69. The summed E-state index contributed by atoms with van der Waals surface area (Å²) >= 11 is 0. The fourth-order valence-electron chi connectivity index (χ4n) is 1.24. The summed E-state index contributed by atoms with van der Waals surface area (Å²) < 4.78 is 17.2. The number of carbonyl (C=O) groups excluding carboxylic acids is 1. The van der Waals surface area contributed by atoms with Crippen LogP contribution >= 0.6 is 0 Å². The van der Waals surface area contributed by atoms with Gasteiger partial charge in [0.2, 0.25) is 0 Å². The van der Waals surface area contributed by atoms with Crippen LogP contribution in [-0.4, -0.2) is 18.2 Å². The van der Waals surface area contributed by atoms with Gasteiger partial charge in [-0.05, 0) is 24.1 Å². The van der Waals surface area contributed by atoms with Gasteiger partial charge in [-0.15, -0.1) is 0 Å². The van der Waals surface area contributed by atoms with Crippen LogP contribution in [0.1, 0.15) is 24.5 Å². The van der Waals surface area contributed by atoms with Crippen molar-refractivity contribution in [3.63, 3.8) is 0 Å². The fraction of sp³-hybridized carbons (Fsp3) is 0.364. The quantitative estimate of drug-likeness (QED) is 0.774. The number of aliphatic hydroxyl groups excluding tert-OH is 1. The van der Waals surface area contributed by atoms with E-state index >= 15 is 0 Å². The molecule has 1 aromatic carbocycles. The highest BCUT2D eigenvalue weighted by atomic mass is 19.1. The van der Waals surface area contributed by atoms with Crippen LogP contribution in [-0.2, 0) is 9.53 Å². The lowest BCUT2D eigenvalue weighted by molar-refractivity contribution is -0.141. The fourth-order valence-corrected chi connectivity index (χ4v) is 1.24. The van der Waals surface area contributed by atoms with E-state index in [1.54, 1.807) is 6.07 Å². The topological polar surface area (TPSA) is 46.5 Å². The molecule has 0 spiro atoms. The maximum atomic E-state index is 12.8. The van der Waals surface area contributed by atoms with E-state index in [1.165, 1.54) is 25.3 Å². The summed E-state index contributed by atoms with van der Waals surface area (Å²) in [6.07, 6.45) is -0.482. The summed E-state index contributed by atoms with van der Waals surface area (Å²) in [5.74, 6) is -0.782. The number of carbonyl (C=O) groups is 1. The standard InChI is InChI=1S/C11H13FO3/c1-15-11(14)6-5-10(13)8-3-2-4-9(12)7-8/h2-4,7,10,13H,5-6H2,1H3. The van der Waals surface area contributed by atoms with Gasteiger partial charge in [0.15, 0.2) is 0 Å². The molecule has 15 heavy (non-hydrogen) atoms. The molecule has 0 aliphatic carbocycles. The van der Waals surface area contributed by atoms with Crippen molar-refractivity contribution in [3.05, 3.63) is 35.6 Å². The molecule has 0 radical (unpaired) electrons. The first-order valence-electron chi connectivity index (χ1n) is 4.64. The Morgan fingerprint density at radius 1 is 1.60 bits per heavy atom. The monoisotopic (exact) mass is 212 g/mol. The van der Waals surface area contributed by atoms with Gasteiger partial charge in [-0.25, -0.2) is 4.39 Å². The highest BCUT2D eigenvalue weighted by Crippen LogP contribution is 2.18. The largest absolute Gasteiger partial charge is 0.469 e. The summed E-state index contributed by atoms with van der Waals surface area (Å²) in [5, 5.41) is 9.61. The number of aliphatic hydroxyl groups is 1. The maximum Gasteiger partial charge on any atom is 0.305 e. The van der Waals surface area contributed by atoms with Gasteiger partial charge in [-0.2, -0.15) is 0 Å². The Kier molecular flexibility index (Phi) is 4.24. The van der Waals surface area contributed by atoms with Crippen molar-refractivity contribution >= 4 is 5.97 Å². The normalized spacial score (nSPS) is 12.2. The van der Waals surface area contributed by atoms with E-state index in [1.807, 2.05) is 0 Å². The van der Waals surface area contributed by atoms with Gasteiger partial charge in [0, 0.05) is 6.42 Å². The van der Waals surface area contributed by atoms with E-state index in [2.05, 4.69) is 4.74 Å². The minimum Gasteiger partial charge on any atom is -0.469 e. The molecular weight excluding hydrogens is 199 g/mol. The van der Waals surface area contributed by atoms with Gasteiger partial charge in [0.1, 0.15) is 5.82 Å². The molecule has 0 aromatic heterocycles. The van der Waals surface area contributed by atoms with Gasteiger partial charge >= 0.3 is 5.97 Å². The second kappa shape index (κ2) is 5.46. The predicted octanol–water partition coefficient (Wildman–Crippen LogP) is 1.81. The molecule has 1 aromatic rings. The first-order valence-corrected chi connectivity index (χ1v) is 4.64. The number of ether oxygens (including phenoxy) is 1. The molecule has 0 bridgehead atoms. The number of hydrogen-bond donors (Lipinski definition) is 1. The Bertz CT molecular complexity index is 338. The van der Waals surface area contributed by atoms with Gasteiger partial charge in [0.05, 0.1) is 13.2 Å². The molecule has 0 heterocycles. The zero-order chi connectivity index (χ0) is 11.3. The van der Waals surface area contributed by atoms with Gasteiger partial charge in [-0.3, -0.25) is 4.79 Å². The van der Waals surface area contributed by atoms with Crippen molar-refractivity contribution in [1.82, 2.24) is 0 Å². The van der Waals surface area contributed by atoms with Gasteiger partial charge in [0.25, 0.3) is 0 Å². The first-order chi connectivity index (χ1) is 7.13. The maximum absolute atomic E-state index is 12.8. The van der Waals surface area contributed by atoms with Crippen molar-refractivity contribution in [1.29, 1.82) is 0 Å². The molecule has 0 aliphatic rings. The Morgan fingerprint density at radius 3 is 2.93 bits per heavy atom. The van der Waals surface area contributed by atoms with E-state index in [9.17, 15) is 14.3 Å². The highest BCUT2D eigenvalue weighted by Gasteiger charge is 2.10. The third-order valence-corrected chi connectivity index (χ3v) is 2.08. The molecule has 4 heteroatoms. The molecule has 0 amide bonds. The molecule has 0 saturated carbocycles. The molecule has 0 aliphatic heterocycles. The van der Waals surface area contributed by atoms with Crippen molar-refractivity contribution in [3.8, 4) is 0 Å². The van der Waals surface area contributed by atoms with Crippen molar-refractivity contribution in [2.24, 2.45) is 0 Å². The number of halogens is 1. The Balaban J connectivity index is 2.53. The summed E-state index contributed by atoms with van der Waals surface area (Å²) in [4.78, 5) is 10.8. The summed E-state index contributed by atoms with van der Waals surface area (Å²) in [5.41, 5.74) is 0.471. The molecule has 1 N–H and O–H groups in total. The molecule has 1 unspecified atom stereocenters. The van der Waals surface area contributed by atoms with Crippen LogP contribution in [0, 0.1) is 5.82 Å². The van der Waals surface area contributed by atoms with E-state index in [0.29, 0.717) is 5.56 Å². The van der Waals surface area contributed by atoms with Crippen molar-refractivity contribution in [2.75, 3.05) is 7.11 Å². The Hall–Kier alpha value is -1.42. The number of methoxy groups -OCH3 is 1. The summed E-state index contributed by atoms with van der Waals surface area (Å²) in [7, 11) is 1.29. The lowest BCUT2D eigenvalue weighted by Gasteiger charge is -2.09. The second-order valence-corrected chi connectivity index (χ2v) is 3.19. The molecule has 1 atom stereocenters. The SMILES string of the molecule is COC(=O)CCC(O)c1cccc(F)c1. The van der Waals surface area contributed by atoms with Crippen LogP contribution in [0.5, 0.6) is 0 Å². The molecule has 0 fully saturated rings. The number of rotatable bonds is 4. The van der Waals surface area contributed by atoms with E-state index in [-0.39, 0.29) is 18.8 Å². The first kappa shape index (κ1) is 11.7. The minimum absolute atomic E-state index is 0.119. The molecule has 0 saturated heterocycles. The number of hydrogen-bond acceptors (Lipinski definition) is 3. The predicted molar refractivity (Wildman–Crippen MR) is 52.6 cm³/mol. The van der Waals surface area contributed by atoms with Crippen LogP contribution in [0.2, 0.25) is 0 Å². The molecular formula is C11H13FO3. The lowest BCUT2D eigenvalue weighted by Crippen LogP contribution is -2.05. The molecule has 82 valence electrons. The third-order valence-electron chi connectivity index (χ3n) is 2.08. The second-order valence-electron chi connectivity index (χ2n) is 3.19. The van der Waals surface area contributed by atoms with Crippen LogP contribution in [0.25, 0.3) is 0 Å². The van der Waals surface area contributed by atoms with Gasteiger partial charge < -0.3 is 9.84 Å². The smallest absolute Gasteiger partial charge is 0.305 e. The van der Waals surface area contributed by atoms with Crippen LogP contribution in [0.15, 0.2) is 24.3 Å². The Labute approximate surface area is 87.5 Å². The zero-order valence-electron chi connectivity index (χ0n) is 8.44. The number of benzene rings is 1. The van der Waals surface area contributed by atoms with E-state index < -0.39 is 11.9 Å². The summed E-state index contributed by atoms with van der Waals surface area (Å²) in [6, 6.07) is 5.69. The third kappa shape index (κ3) is 3.67. The van der Waals surface area contributed by atoms with E-state index in [4.69, 9.17) is 0 Å². The summed E-state index contributed by atoms with van der Waals surface area (Å²) in [6.45, 7) is 0. The average molecular weight is 212 g/mol. The lowest BCUT2D eigenvalue weighted by atomic mass is 10.1. The van der Waals surface area contributed by atoms with Crippen LogP contribution in [0.3, 0.4) is 0 Å². The molecule has 1 rings (SSSR count). The molecule has 3 nitrogen and oxygen atoms in total.